The van der Waals surface area contributed by atoms with Gasteiger partial charge in [0.15, 0.2) is 0 Å². The van der Waals surface area contributed by atoms with E-state index in [0.717, 1.165) is 11.3 Å². The minimum atomic E-state index is -0.866. The van der Waals surface area contributed by atoms with Crippen LogP contribution in [-0.2, 0) is 20.7 Å². The third-order valence-corrected chi connectivity index (χ3v) is 2.17. The Balaban J connectivity index is 2.46. The molecule has 0 saturated carbocycles. The summed E-state index contributed by atoms with van der Waals surface area (Å²) in [5.74, 6) is -1.20. The van der Waals surface area contributed by atoms with Gasteiger partial charge in [0.05, 0.1) is 6.42 Å². The average molecular weight is 265 g/mol. The lowest BCUT2D eigenvalue weighted by Gasteiger charge is -2.19. The summed E-state index contributed by atoms with van der Waals surface area (Å²) in [5.41, 5.74) is 0.972. The van der Waals surface area contributed by atoms with Gasteiger partial charge in [0.1, 0.15) is 12.1 Å². The van der Waals surface area contributed by atoms with Crippen LogP contribution in [0.4, 0.5) is 5.69 Å². The second-order valence-corrected chi connectivity index (χ2v) is 5.21. The molecule has 104 valence electrons. The van der Waals surface area contributed by atoms with Gasteiger partial charge < -0.3 is 15.2 Å². The molecule has 2 N–H and O–H groups in total. The second kappa shape index (κ2) is 6.22. The first-order valence-electron chi connectivity index (χ1n) is 6.03. The second-order valence-electron chi connectivity index (χ2n) is 5.21. The predicted molar refractivity (Wildman–Crippen MR) is 72.1 cm³/mol. The maximum atomic E-state index is 11.5. The summed E-state index contributed by atoms with van der Waals surface area (Å²) in [4.78, 5) is 22.0. The first-order chi connectivity index (χ1) is 8.76. The Morgan fingerprint density at radius 3 is 2.26 bits per heavy atom. The van der Waals surface area contributed by atoms with E-state index in [4.69, 9.17) is 9.84 Å². The van der Waals surface area contributed by atoms with E-state index in [2.05, 4.69) is 5.32 Å². The summed E-state index contributed by atoms with van der Waals surface area (Å²) in [6.07, 6.45) is -0.00759. The van der Waals surface area contributed by atoms with Crippen molar-refractivity contribution in [1.29, 1.82) is 0 Å². The van der Waals surface area contributed by atoms with Crippen molar-refractivity contribution in [2.45, 2.75) is 32.8 Å². The van der Waals surface area contributed by atoms with E-state index in [0.29, 0.717) is 0 Å². The zero-order chi connectivity index (χ0) is 14.5. The number of hydrogen-bond donors (Lipinski definition) is 2. The Bertz CT molecular complexity index is 446. The molecule has 0 unspecified atom stereocenters. The van der Waals surface area contributed by atoms with Crippen molar-refractivity contribution in [3.8, 4) is 0 Å². The summed E-state index contributed by atoms with van der Waals surface area (Å²) in [6.45, 7) is 5.51. The molecule has 5 nitrogen and oxygen atoms in total. The van der Waals surface area contributed by atoms with Crippen molar-refractivity contribution in [2.24, 2.45) is 0 Å². The summed E-state index contributed by atoms with van der Waals surface area (Å²) in [5, 5.41) is 11.6. The minimum absolute atomic E-state index is 0.00759. The first kappa shape index (κ1) is 15.0. The highest BCUT2D eigenvalue weighted by Gasteiger charge is 2.15. The molecular weight excluding hydrogens is 246 g/mol. The van der Waals surface area contributed by atoms with Crippen LogP contribution in [0, 0.1) is 0 Å². The monoisotopic (exact) mass is 265 g/mol. The molecule has 0 radical (unpaired) electrons. The first-order valence-corrected chi connectivity index (χ1v) is 6.03. The summed E-state index contributed by atoms with van der Waals surface area (Å²) >= 11 is 0. The Labute approximate surface area is 112 Å². The Kier molecular flexibility index (Phi) is 4.92. The van der Waals surface area contributed by atoms with Crippen molar-refractivity contribution in [2.75, 3.05) is 11.9 Å². The Hall–Kier alpha value is -2.04. The molecule has 0 fully saturated rings. The number of hydrogen-bond acceptors (Lipinski definition) is 4. The van der Waals surface area contributed by atoms with Crippen molar-refractivity contribution in [3.63, 3.8) is 0 Å². The van der Waals surface area contributed by atoms with Crippen LogP contribution in [-0.4, -0.2) is 29.2 Å². The fourth-order valence-electron chi connectivity index (χ4n) is 1.47. The van der Waals surface area contributed by atoms with Crippen molar-refractivity contribution < 1.29 is 19.4 Å². The van der Waals surface area contributed by atoms with Gasteiger partial charge in [-0.3, -0.25) is 9.59 Å². The highest BCUT2D eigenvalue weighted by atomic mass is 16.6. The minimum Gasteiger partial charge on any atom is -0.481 e. The average Bonchev–Trinajstić information content (AvgIpc) is 2.25. The van der Waals surface area contributed by atoms with Gasteiger partial charge in [-0.15, -0.1) is 0 Å². The zero-order valence-corrected chi connectivity index (χ0v) is 11.4. The number of rotatable bonds is 5. The number of nitrogens with one attached hydrogen (secondary N) is 1. The SMILES string of the molecule is CC(C)(C)OC(=O)CNc1ccc(CC(=O)O)cc1. The van der Waals surface area contributed by atoms with Crippen LogP contribution in [0.1, 0.15) is 26.3 Å². The molecule has 1 rings (SSSR count). The lowest BCUT2D eigenvalue weighted by molar-refractivity contribution is -0.152. The molecule has 5 heteroatoms. The number of aliphatic carboxylic acids is 1. The van der Waals surface area contributed by atoms with Crippen molar-refractivity contribution in [1.82, 2.24) is 0 Å². The summed E-state index contributed by atoms with van der Waals surface area (Å²) in [6, 6.07) is 6.91. The van der Waals surface area contributed by atoms with E-state index >= 15 is 0 Å². The van der Waals surface area contributed by atoms with Crippen LogP contribution in [0.3, 0.4) is 0 Å². The lowest BCUT2D eigenvalue weighted by Crippen LogP contribution is -2.28. The molecular formula is C14H19NO4. The smallest absolute Gasteiger partial charge is 0.325 e. The van der Waals surface area contributed by atoms with Crippen LogP contribution in [0.25, 0.3) is 0 Å². The van der Waals surface area contributed by atoms with E-state index in [1.807, 2.05) is 20.8 Å². The van der Waals surface area contributed by atoms with Crippen LogP contribution >= 0.6 is 0 Å². The molecule has 0 amide bonds. The molecule has 0 atom stereocenters. The van der Waals surface area contributed by atoms with E-state index in [9.17, 15) is 9.59 Å². The fraction of sp³-hybridized carbons (Fsp3) is 0.429. The van der Waals surface area contributed by atoms with Gasteiger partial charge in [0, 0.05) is 5.69 Å². The maximum absolute atomic E-state index is 11.5. The van der Waals surface area contributed by atoms with E-state index < -0.39 is 11.6 Å². The largest absolute Gasteiger partial charge is 0.481 e. The van der Waals surface area contributed by atoms with Gasteiger partial charge in [0.25, 0.3) is 0 Å². The van der Waals surface area contributed by atoms with Gasteiger partial charge >= 0.3 is 11.9 Å². The van der Waals surface area contributed by atoms with Crippen molar-refractivity contribution in [3.05, 3.63) is 29.8 Å². The molecule has 0 aliphatic rings. The molecule has 0 heterocycles. The molecule has 0 aliphatic carbocycles. The molecule has 0 spiro atoms. The van der Waals surface area contributed by atoms with Gasteiger partial charge in [0.2, 0.25) is 0 Å². The summed E-state index contributed by atoms with van der Waals surface area (Å²) < 4.78 is 5.16. The number of carbonyl (C=O) groups excluding carboxylic acids is 1. The number of ether oxygens (including phenoxy) is 1. The molecule has 0 saturated heterocycles. The van der Waals surface area contributed by atoms with Gasteiger partial charge in [-0.05, 0) is 38.5 Å². The van der Waals surface area contributed by atoms with Crippen LogP contribution in [0.5, 0.6) is 0 Å². The third-order valence-electron chi connectivity index (χ3n) is 2.17. The quantitative estimate of drug-likeness (QED) is 0.797. The topological polar surface area (TPSA) is 75.6 Å². The standard InChI is InChI=1S/C14H19NO4/c1-14(2,3)19-13(18)9-15-11-6-4-10(5-7-11)8-12(16)17/h4-7,15H,8-9H2,1-3H3,(H,16,17). The van der Waals surface area contributed by atoms with Crippen molar-refractivity contribution >= 4 is 17.6 Å². The normalized spacial score (nSPS) is 10.9. The number of carboxylic acids is 1. The molecule has 1 aromatic carbocycles. The molecule has 1 aromatic rings. The fourth-order valence-corrected chi connectivity index (χ4v) is 1.47. The van der Waals surface area contributed by atoms with Gasteiger partial charge in [-0.25, -0.2) is 0 Å². The molecule has 0 aliphatic heterocycles. The predicted octanol–water partition coefficient (Wildman–Crippen LogP) is 2.07. The maximum Gasteiger partial charge on any atom is 0.325 e. The number of carbonyl (C=O) groups is 2. The number of carboxylic acid groups (broad SMARTS) is 1. The number of esters is 1. The third kappa shape index (κ3) is 6.45. The Morgan fingerprint density at radius 1 is 1.21 bits per heavy atom. The van der Waals surface area contributed by atoms with E-state index in [-0.39, 0.29) is 18.9 Å². The summed E-state index contributed by atoms with van der Waals surface area (Å²) in [7, 11) is 0. The van der Waals surface area contributed by atoms with Crippen LogP contribution in [0.2, 0.25) is 0 Å². The van der Waals surface area contributed by atoms with E-state index in [1.54, 1.807) is 24.3 Å². The lowest BCUT2D eigenvalue weighted by atomic mass is 10.1. The van der Waals surface area contributed by atoms with Crippen LogP contribution in [0.15, 0.2) is 24.3 Å². The molecule has 0 bridgehead atoms. The zero-order valence-electron chi connectivity index (χ0n) is 11.4. The number of benzene rings is 1. The highest BCUT2D eigenvalue weighted by molar-refractivity contribution is 5.75. The number of anilines is 1. The molecule has 19 heavy (non-hydrogen) atoms. The van der Waals surface area contributed by atoms with Gasteiger partial charge in [-0.1, -0.05) is 12.1 Å². The van der Waals surface area contributed by atoms with E-state index in [1.165, 1.54) is 0 Å². The van der Waals surface area contributed by atoms with Gasteiger partial charge in [-0.2, -0.15) is 0 Å². The van der Waals surface area contributed by atoms with Crippen LogP contribution < -0.4 is 5.32 Å². The Morgan fingerprint density at radius 2 is 1.79 bits per heavy atom. The molecule has 0 aromatic heterocycles. The highest BCUT2D eigenvalue weighted by Crippen LogP contribution is 2.11.